The van der Waals surface area contributed by atoms with Gasteiger partial charge in [-0.2, -0.15) is 0 Å². The molecule has 0 aromatic heterocycles. The molecular formula is C14H22. The summed E-state index contributed by atoms with van der Waals surface area (Å²) in [5, 5.41) is 0. The summed E-state index contributed by atoms with van der Waals surface area (Å²) in [5.74, 6) is 1.28. The van der Waals surface area contributed by atoms with Crippen LogP contribution in [-0.2, 0) is 6.42 Å². The van der Waals surface area contributed by atoms with Crippen LogP contribution in [0.5, 0.6) is 0 Å². The average molecular weight is 190 g/mol. The summed E-state index contributed by atoms with van der Waals surface area (Å²) in [6.07, 6.45) is 1.14. The Labute approximate surface area is 88.4 Å². The first kappa shape index (κ1) is 11.3. The molecule has 0 saturated heterocycles. The van der Waals surface area contributed by atoms with E-state index in [-0.39, 0.29) is 0 Å². The molecule has 0 N–H and O–H groups in total. The van der Waals surface area contributed by atoms with Gasteiger partial charge >= 0.3 is 0 Å². The third-order valence-electron chi connectivity index (χ3n) is 2.80. The lowest BCUT2D eigenvalue weighted by atomic mass is 9.89. The Balaban J connectivity index is 3.17. The van der Waals surface area contributed by atoms with Crippen molar-refractivity contribution in [3.8, 4) is 0 Å². The van der Waals surface area contributed by atoms with Crippen LogP contribution < -0.4 is 0 Å². The molecule has 0 nitrogen and oxygen atoms in total. The van der Waals surface area contributed by atoms with Crippen molar-refractivity contribution in [2.24, 2.45) is 0 Å². The highest BCUT2D eigenvalue weighted by Crippen LogP contribution is 2.27. The first-order chi connectivity index (χ1) is 6.56. The number of hydrogen-bond donors (Lipinski definition) is 0. The largest absolute Gasteiger partial charge is 0.0613 e. The molecule has 0 saturated carbocycles. The van der Waals surface area contributed by atoms with Crippen molar-refractivity contribution in [1.82, 2.24) is 0 Å². The van der Waals surface area contributed by atoms with Gasteiger partial charge in [-0.25, -0.2) is 0 Å². The lowest BCUT2D eigenvalue weighted by molar-refractivity contribution is 0.787. The van der Waals surface area contributed by atoms with Crippen LogP contribution in [0, 0.1) is 0 Å². The van der Waals surface area contributed by atoms with E-state index in [9.17, 15) is 0 Å². The summed E-state index contributed by atoms with van der Waals surface area (Å²) in [7, 11) is 0. The summed E-state index contributed by atoms with van der Waals surface area (Å²) >= 11 is 0. The molecular weight excluding hydrogens is 168 g/mol. The molecule has 78 valence electrons. The van der Waals surface area contributed by atoms with Gasteiger partial charge in [0.1, 0.15) is 0 Å². The van der Waals surface area contributed by atoms with E-state index >= 15 is 0 Å². The Morgan fingerprint density at radius 1 is 0.929 bits per heavy atom. The molecule has 0 amide bonds. The van der Waals surface area contributed by atoms with Crippen LogP contribution in [0.3, 0.4) is 0 Å². The van der Waals surface area contributed by atoms with Crippen LogP contribution in [0.2, 0.25) is 0 Å². The molecule has 0 fully saturated rings. The fourth-order valence-corrected chi connectivity index (χ4v) is 1.87. The minimum atomic E-state index is 0.637. The summed E-state index contributed by atoms with van der Waals surface area (Å²) in [6, 6.07) is 6.94. The zero-order chi connectivity index (χ0) is 10.7. The molecule has 0 unspecified atom stereocenters. The predicted molar refractivity (Wildman–Crippen MR) is 64.0 cm³/mol. The number of rotatable bonds is 3. The van der Waals surface area contributed by atoms with Crippen LogP contribution in [0.4, 0.5) is 0 Å². The van der Waals surface area contributed by atoms with E-state index in [0.717, 1.165) is 6.42 Å². The fraction of sp³-hybridized carbons (Fsp3) is 0.571. The van der Waals surface area contributed by atoms with E-state index < -0.39 is 0 Å². The van der Waals surface area contributed by atoms with Crippen molar-refractivity contribution in [1.29, 1.82) is 0 Å². The van der Waals surface area contributed by atoms with Crippen LogP contribution in [0.15, 0.2) is 18.2 Å². The second-order valence-corrected chi connectivity index (χ2v) is 4.63. The monoisotopic (exact) mass is 190 g/mol. The van der Waals surface area contributed by atoms with Crippen molar-refractivity contribution in [2.75, 3.05) is 0 Å². The van der Waals surface area contributed by atoms with E-state index in [1.54, 1.807) is 0 Å². The first-order valence-corrected chi connectivity index (χ1v) is 5.69. The molecule has 0 aliphatic rings. The maximum absolute atomic E-state index is 2.38. The van der Waals surface area contributed by atoms with E-state index in [0.29, 0.717) is 11.8 Å². The summed E-state index contributed by atoms with van der Waals surface area (Å²) in [5.41, 5.74) is 4.50. The minimum Gasteiger partial charge on any atom is -0.0613 e. The molecule has 0 atom stereocenters. The van der Waals surface area contributed by atoms with Crippen molar-refractivity contribution in [3.63, 3.8) is 0 Å². The van der Waals surface area contributed by atoms with Gasteiger partial charge in [-0.3, -0.25) is 0 Å². The second-order valence-electron chi connectivity index (χ2n) is 4.63. The number of benzene rings is 1. The van der Waals surface area contributed by atoms with Gasteiger partial charge in [-0.1, -0.05) is 52.8 Å². The maximum atomic E-state index is 2.38. The maximum Gasteiger partial charge on any atom is -0.0216 e. The van der Waals surface area contributed by atoms with Crippen molar-refractivity contribution in [3.05, 3.63) is 34.9 Å². The van der Waals surface area contributed by atoms with Gasteiger partial charge < -0.3 is 0 Å². The third-order valence-corrected chi connectivity index (χ3v) is 2.80. The zero-order valence-corrected chi connectivity index (χ0v) is 10.1. The molecule has 0 heterocycles. The Morgan fingerprint density at radius 2 is 1.50 bits per heavy atom. The van der Waals surface area contributed by atoms with Crippen molar-refractivity contribution in [2.45, 2.75) is 52.9 Å². The molecule has 0 bridgehead atoms. The van der Waals surface area contributed by atoms with Crippen LogP contribution >= 0.6 is 0 Å². The van der Waals surface area contributed by atoms with Crippen LogP contribution in [0.1, 0.15) is 63.1 Å². The standard InChI is InChI=1S/C14H22/c1-6-12-7-8-13(10(2)3)14(9-12)11(4)5/h7-11H,6H2,1-5H3. The molecule has 0 heteroatoms. The topological polar surface area (TPSA) is 0 Å². The highest BCUT2D eigenvalue weighted by Gasteiger charge is 2.09. The number of aryl methyl sites for hydroxylation is 1. The lowest BCUT2D eigenvalue weighted by Crippen LogP contribution is -1.99. The molecule has 0 spiro atoms. The first-order valence-electron chi connectivity index (χ1n) is 5.69. The highest BCUT2D eigenvalue weighted by molar-refractivity contribution is 5.36. The Bertz CT molecular complexity index is 295. The van der Waals surface area contributed by atoms with Gasteiger partial charge in [0, 0.05) is 0 Å². The quantitative estimate of drug-likeness (QED) is 0.658. The van der Waals surface area contributed by atoms with Gasteiger partial charge in [0.15, 0.2) is 0 Å². The molecule has 1 aromatic rings. The smallest absolute Gasteiger partial charge is 0.0216 e. The summed E-state index contributed by atoms with van der Waals surface area (Å²) in [6.45, 7) is 11.3. The molecule has 0 radical (unpaired) electrons. The van der Waals surface area contributed by atoms with E-state index in [4.69, 9.17) is 0 Å². The second kappa shape index (κ2) is 4.63. The van der Waals surface area contributed by atoms with Gasteiger partial charge in [0.2, 0.25) is 0 Å². The fourth-order valence-electron chi connectivity index (χ4n) is 1.87. The summed E-state index contributed by atoms with van der Waals surface area (Å²) in [4.78, 5) is 0. The Morgan fingerprint density at radius 3 is 1.93 bits per heavy atom. The van der Waals surface area contributed by atoms with E-state index in [1.807, 2.05) is 0 Å². The zero-order valence-electron chi connectivity index (χ0n) is 10.1. The normalized spacial score (nSPS) is 11.4. The van der Waals surface area contributed by atoms with E-state index in [2.05, 4.69) is 52.8 Å². The third kappa shape index (κ3) is 2.37. The number of hydrogen-bond acceptors (Lipinski definition) is 0. The predicted octanol–water partition coefficient (Wildman–Crippen LogP) is 4.50. The molecule has 1 rings (SSSR count). The molecule has 0 aliphatic carbocycles. The average Bonchev–Trinajstić information content (AvgIpc) is 2.16. The molecule has 14 heavy (non-hydrogen) atoms. The van der Waals surface area contributed by atoms with Crippen LogP contribution in [-0.4, -0.2) is 0 Å². The summed E-state index contributed by atoms with van der Waals surface area (Å²) < 4.78 is 0. The van der Waals surface area contributed by atoms with Gasteiger partial charge in [0.25, 0.3) is 0 Å². The van der Waals surface area contributed by atoms with Gasteiger partial charge in [0.05, 0.1) is 0 Å². The molecule has 0 aliphatic heterocycles. The van der Waals surface area contributed by atoms with Crippen molar-refractivity contribution >= 4 is 0 Å². The van der Waals surface area contributed by atoms with E-state index in [1.165, 1.54) is 16.7 Å². The lowest BCUT2D eigenvalue weighted by Gasteiger charge is -2.17. The van der Waals surface area contributed by atoms with Gasteiger partial charge in [-0.05, 0) is 34.9 Å². The van der Waals surface area contributed by atoms with Gasteiger partial charge in [-0.15, -0.1) is 0 Å². The molecule has 1 aromatic carbocycles. The Hall–Kier alpha value is -0.780. The minimum absolute atomic E-state index is 0.637. The van der Waals surface area contributed by atoms with Crippen molar-refractivity contribution < 1.29 is 0 Å². The SMILES string of the molecule is CCc1ccc(C(C)C)c(C(C)C)c1. The Kier molecular flexibility index (Phi) is 3.74. The highest BCUT2D eigenvalue weighted by atomic mass is 14.1. The van der Waals surface area contributed by atoms with Crippen LogP contribution in [0.25, 0.3) is 0 Å².